The molecule has 0 saturated heterocycles. The molecule has 1 fully saturated rings. The molecule has 7 nitrogen and oxygen atoms in total. The van der Waals surface area contributed by atoms with Gasteiger partial charge in [-0.25, -0.2) is 8.42 Å². The first-order valence-corrected chi connectivity index (χ1v) is 14.6. The molecule has 1 aliphatic carbocycles. The number of nitrogens with zero attached hydrogens (tertiary/aromatic N) is 1. The second-order valence-corrected chi connectivity index (χ2v) is 12.2. The summed E-state index contributed by atoms with van der Waals surface area (Å²) in [6.45, 7) is 2.07. The van der Waals surface area contributed by atoms with Crippen molar-refractivity contribution in [1.29, 1.82) is 0 Å². The summed E-state index contributed by atoms with van der Waals surface area (Å²) in [5.74, 6) is -0.358. The Kier molecular flexibility index (Phi) is 7.36. The molecule has 1 atom stereocenters. The summed E-state index contributed by atoms with van der Waals surface area (Å²) in [6, 6.07) is 21.9. The van der Waals surface area contributed by atoms with E-state index in [1.165, 1.54) is 12.1 Å². The fourth-order valence-corrected chi connectivity index (χ4v) is 7.04. The number of para-hydroxylation sites is 1. The molecule has 38 heavy (non-hydrogen) atoms. The molecule has 8 heteroatoms. The average Bonchev–Trinajstić information content (AvgIpc) is 3.35. The Morgan fingerprint density at radius 1 is 0.974 bits per heavy atom. The normalized spacial score (nSPS) is 17.1. The Labute approximate surface area is 224 Å². The van der Waals surface area contributed by atoms with Crippen LogP contribution < -0.4 is 10.0 Å². The quantitative estimate of drug-likeness (QED) is 0.287. The number of aromatic amines is 1. The molecule has 1 saturated carbocycles. The van der Waals surface area contributed by atoms with Crippen molar-refractivity contribution in [3.63, 3.8) is 0 Å². The van der Waals surface area contributed by atoms with E-state index < -0.39 is 15.6 Å². The van der Waals surface area contributed by atoms with E-state index in [2.05, 4.69) is 20.0 Å². The predicted molar refractivity (Wildman–Crippen MR) is 149 cm³/mol. The van der Waals surface area contributed by atoms with E-state index in [-0.39, 0.29) is 22.6 Å². The summed E-state index contributed by atoms with van der Waals surface area (Å²) < 4.78 is 29.6. The predicted octanol–water partition coefficient (Wildman–Crippen LogP) is 4.86. The van der Waals surface area contributed by atoms with Crippen LogP contribution in [0.15, 0.2) is 90.1 Å². The summed E-state index contributed by atoms with van der Waals surface area (Å²) in [7, 11) is -3.96. The van der Waals surface area contributed by atoms with Gasteiger partial charge in [-0.05, 0) is 55.7 Å². The Balaban J connectivity index is 1.46. The van der Waals surface area contributed by atoms with Gasteiger partial charge in [0.2, 0.25) is 15.9 Å². The molecule has 2 aromatic carbocycles. The molecule has 0 unspecified atom stereocenters. The number of carbonyl (C=O) groups excluding carboxylic acids is 1. The van der Waals surface area contributed by atoms with Crippen LogP contribution in [0.25, 0.3) is 10.9 Å². The maximum Gasteiger partial charge on any atom is 0.241 e. The Bertz CT molecular complexity index is 1500. The zero-order valence-electron chi connectivity index (χ0n) is 21.6. The van der Waals surface area contributed by atoms with Crippen LogP contribution in [0.4, 0.5) is 0 Å². The van der Waals surface area contributed by atoms with Crippen molar-refractivity contribution in [1.82, 2.24) is 20.0 Å². The van der Waals surface area contributed by atoms with Gasteiger partial charge in [-0.3, -0.25) is 9.78 Å². The number of carbonyl (C=O) groups is 1. The molecule has 0 aliphatic heterocycles. The van der Waals surface area contributed by atoms with Crippen molar-refractivity contribution in [2.45, 2.75) is 61.3 Å². The number of sulfonamides is 1. The summed E-state index contributed by atoms with van der Waals surface area (Å²) in [4.78, 5) is 22.0. The van der Waals surface area contributed by atoms with Gasteiger partial charge in [0.15, 0.2) is 0 Å². The zero-order chi connectivity index (χ0) is 26.6. The number of H-pyrrole nitrogens is 1. The molecule has 3 N–H and O–H groups in total. The van der Waals surface area contributed by atoms with Crippen LogP contribution >= 0.6 is 0 Å². The fraction of sp³-hybridized carbons (Fsp3) is 0.333. The van der Waals surface area contributed by atoms with Crippen molar-refractivity contribution in [2.24, 2.45) is 0 Å². The van der Waals surface area contributed by atoms with Crippen LogP contribution in [-0.4, -0.2) is 36.4 Å². The topological polar surface area (TPSA) is 104 Å². The van der Waals surface area contributed by atoms with Crippen molar-refractivity contribution >= 4 is 26.8 Å². The van der Waals surface area contributed by atoms with Crippen LogP contribution in [0.2, 0.25) is 0 Å². The number of hydrogen-bond acceptors (Lipinski definition) is 4. The largest absolute Gasteiger partial charge is 0.361 e. The second kappa shape index (κ2) is 10.7. The van der Waals surface area contributed by atoms with E-state index in [0.29, 0.717) is 6.54 Å². The third kappa shape index (κ3) is 5.37. The summed E-state index contributed by atoms with van der Waals surface area (Å²) in [5.41, 5.74) is 1.08. The minimum absolute atomic E-state index is 0.121. The number of fused-ring (bicyclic) bond motifs is 1. The first-order chi connectivity index (χ1) is 18.3. The first kappa shape index (κ1) is 26.1. The molecule has 0 spiro atoms. The highest BCUT2D eigenvalue weighted by Gasteiger charge is 2.41. The Hall–Kier alpha value is -3.49. The van der Waals surface area contributed by atoms with Crippen molar-refractivity contribution in [2.75, 3.05) is 6.54 Å². The minimum Gasteiger partial charge on any atom is -0.361 e. The van der Waals surface area contributed by atoms with Gasteiger partial charge in [-0.15, -0.1) is 0 Å². The minimum atomic E-state index is -3.96. The highest BCUT2D eigenvalue weighted by Crippen LogP contribution is 2.38. The van der Waals surface area contributed by atoms with Gasteiger partial charge >= 0.3 is 0 Å². The number of aromatic nitrogens is 2. The van der Waals surface area contributed by atoms with Gasteiger partial charge in [0, 0.05) is 47.4 Å². The maximum absolute atomic E-state index is 14.0. The third-order valence-electron chi connectivity index (χ3n) is 7.74. The molecule has 1 aliphatic rings. The zero-order valence-corrected chi connectivity index (χ0v) is 22.4. The van der Waals surface area contributed by atoms with Crippen LogP contribution in [0.3, 0.4) is 0 Å². The lowest BCUT2D eigenvalue weighted by atomic mass is 9.71. The smallest absolute Gasteiger partial charge is 0.241 e. The van der Waals surface area contributed by atoms with Crippen LogP contribution in [0.1, 0.15) is 50.3 Å². The number of nitrogens with one attached hydrogen (secondary N) is 3. The molecular weight excluding hydrogens is 496 g/mol. The van der Waals surface area contributed by atoms with Crippen molar-refractivity contribution in [3.05, 3.63) is 96.4 Å². The average molecular weight is 531 g/mol. The molecular formula is C30H34N4O3S. The Morgan fingerprint density at radius 2 is 1.68 bits per heavy atom. The van der Waals surface area contributed by atoms with Gasteiger partial charge in [-0.1, -0.05) is 61.7 Å². The van der Waals surface area contributed by atoms with Gasteiger partial charge in [0.05, 0.1) is 4.90 Å². The lowest BCUT2D eigenvalue weighted by Crippen LogP contribution is -2.59. The molecule has 4 aromatic rings. The number of hydrogen-bond donors (Lipinski definition) is 3. The second-order valence-electron chi connectivity index (χ2n) is 10.5. The van der Waals surface area contributed by atoms with Gasteiger partial charge in [0.1, 0.15) is 5.54 Å². The monoisotopic (exact) mass is 530 g/mol. The molecule has 2 heterocycles. The van der Waals surface area contributed by atoms with E-state index in [4.69, 9.17) is 0 Å². The van der Waals surface area contributed by atoms with E-state index >= 15 is 0 Å². The van der Waals surface area contributed by atoms with Gasteiger partial charge in [-0.2, -0.15) is 4.72 Å². The fourth-order valence-electron chi connectivity index (χ4n) is 5.65. The van der Waals surface area contributed by atoms with Crippen molar-refractivity contribution < 1.29 is 13.2 Å². The van der Waals surface area contributed by atoms with Crippen LogP contribution in [0.5, 0.6) is 0 Å². The summed E-state index contributed by atoms with van der Waals surface area (Å²) in [5, 5.41) is 4.11. The molecule has 198 valence electrons. The number of rotatable bonds is 9. The van der Waals surface area contributed by atoms with E-state index in [1.54, 1.807) is 31.3 Å². The van der Waals surface area contributed by atoms with E-state index in [9.17, 15) is 13.2 Å². The lowest BCUT2D eigenvalue weighted by Gasteiger charge is -2.38. The highest BCUT2D eigenvalue weighted by atomic mass is 32.2. The number of benzene rings is 2. The van der Waals surface area contributed by atoms with Crippen LogP contribution in [0, 0.1) is 0 Å². The van der Waals surface area contributed by atoms with Crippen LogP contribution in [-0.2, 0) is 26.7 Å². The lowest BCUT2D eigenvalue weighted by molar-refractivity contribution is -0.126. The molecule has 5 rings (SSSR count). The summed E-state index contributed by atoms with van der Waals surface area (Å²) >= 11 is 0. The molecule has 2 aromatic heterocycles. The molecule has 1 amide bonds. The summed E-state index contributed by atoms with van der Waals surface area (Å²) in [6.07, 6.45) is 8.99. The number of amides is 1. The maximum atomic E-state index is 14.0. The number of pyridine rings is 1. The van der Waals surface area contributed by atoms with Gasteiger partial charge < -0.3 is 10.3 Å². The van der Waals surface area contributed by atoms with Gasteiger partial charge in [0.25, 0.3) is 0 Å². The van der Waals surface area contributed by atoms with E-state index in [0.717, 1.165) is 54.3 Å². The van der Waals surface area contributed by atoms with E-state index in [1.807, 2.05) is 48.7 Å². The third-order valence-corrected chi connectivity index (χ3v) is 9.35. The standard InChI is InChI=1S/C30H34N4O3S/c1-29(34-38(36,37)24-12-4-2-5-13-24,20-23-21-32-26-15-7-6-14-25(23)26)28(35)33-22-30(17-9-3-10-18-30)27-16-8-11-19-31-27/h2,4-8,11-16,19,21,32,34H,3,9-10,17-18,20,22H2,1H3,(H,33,35)/t29-/m0/s1. The SMILES string of the molecule is C[C@@](Cc1c[nH]c2ccccc12)(NS(=O)(=O)c1ccccc1)C(=O)NCC1(c2ccccn2)CCCCC1. The Morgan fingerprint density at radius 3 is 2.42 bits per heavy atom. The molecule has 0 radical (unpaired) electrons. The van der Waals surface area contributed by atoms with Crippen molar-refractivity contribution in [3.8, 4) is 0 Å². The molecule has 0 bridgehead atoms. The highest BCUT2D eigenvalue weighted by molar-refractivity contribution is 7.89. The first-order valence-electron chi connectivity index (χ1n) is 13.2.